The van der Waals surface area contributed by atoms with E-state index in [1.807, 2.05) is 12.1 Å². The molecule has 2 saturated carbocycles. The second-order valence-electron chi connectivity index (χ2n) is 8.67. The van der Waals surface area contributed by atoms with Gasteiger partial charge in [-0.3, -0.25) is 4.90 Å². The number of nitrogens with zero attached hydrogens (tertiary/aromatic N) is 2. The Bertz CT molecular complexity index is 873. The van der Waals surface area contributed by atoms with E-state index in [1.165, 1.54) is 25.0 Å². The molecular formula is C21H29N3O3S. The molecule has 3 atom stereocenters. The first kappa shape index (κ1) is 18.5. The quantitative estimate of drug-likeness (QED) is 0.816. The Balaban J connectivity index is 1.15. The minimum absolute atomic E-state index is 0.167. The zero-order valence-corrected chi connectivity index (χ0v) is 17.0. The highest BCUT2D eigenvalue weighted by Crippen LogP contribution is 2.60. The summed E-state index contributed by atoms with van der Waals surface area (Å²) in [5.41, 5.74) is 2.74. The van der Waals surface area contributed by atoms with Crippen molar-refractivity contribution in [2.45, 2.75) is 30.6 Å². The number of benzene rings is 1. The molecule has 1 saturated heterocycles. The first-order chi connectivity index (χ1) is 13.5. The number of anilines is 1. The molecule has 3 fully saturated rings. The number of piperazine rings is 1. The molecule has 2 aliphatic carbocycles. The Labute approximate surface area is 167 Å². The van der Waals surface area contributed by atoms with E-state index < -0.39 is 10.0 Å². The van der Waals surface area contributed by atoms with E-state index in [1.54, 1.807) is 17.7 Å². The van der Waals surface area contributed by atoms with Gasteiger partial charge in [0.15, 0.2) is 0 Å². The van der Waals surface area contributed by atoms with Crippen molar-refractivity contribution in [1.29, 1.82) is 0 Å². The van der Waals surface area contributed by atoms with Crippen LogP contribution in [0.15, 0.2) is 40.5 Å². The molecular weight excluding hydrogens is 374 g/mol. The van der Waals surface area contributed by atoms with Gasteiger partial charge < -0.3 is 9.64 Å². The summed E-state index contributed by atoms with van der Waals surface area (Å²) in [7, 11) is -3.63. The summed E-state index contributed by atoms with van der Waals surface area (Å²) >= 11 is 0. The van der Waals surface area contributed by atoms with Crippen LogP contribution in [-0.4, -0.2) is 52.6 Å². The lowest BCUT2D eigenvalue weighted by Gasteiger charge is -2.36. The summed E-state index contributed by atoms with van der Waals surface area (Å²) in [5, 5.41) is 5.18. The van der Waals surface area contributed by atoms with Gasteiger partial charge in [-0.1, -0.05) is 0 Å². The van der Waals surface area contributed by atoms with Gasteiger partial charge in [-0.05, 0) is 66.9 Å². The molecule has 1 aromatic carbocycles. The minimum Gasteiger partial charge on any atom is -0.498 e. The number of sulfonamides is 1. The molecule has 28 heavy (non-hydrogen) atoms. The molecule has 0 amide bonds. The van der Waals surface area contributed by atoms with E-state index in [2.05, 4.69) is 9.80 Å². The second-order valence-corrected chi connectivity index (χ2v) is 10.2. The molecule has 1 aromatic rings. The lowest BCUT2D eigenvalue weighted by molar-refractivity contribution is 0.145. The number of primary sulfonamides is 1. The monoisotopic (exact) mass is 403 g/mol. The highest BCUT2D eigenvalue weighted by molar-refractivity contribution is 7.89. The van der Waals surface area contributed by atoms with Crippen molar-refractivity contribution in [3.63, 3.8) is 0 Å². The molecule has 2 aliphatic heterocycles. The Morgan fingerprint density at radius 1 is 1.07 bits per heavy atom. The first-order valence-electron chi connectivity index (χ1n) is 10.4. The number of fused-ring (bicyclic) bond motifs is 3. The molecule has 6 nitrogen and oxygen atoms in total. The number of hydrogen-bond acceptors (Lipinski definition) is 5. The minimum atomic E-state index is -3.63. The summed E-state index contributed by atoms with van der Waals surface area (Å²) in [6.07, 6.45) is 5.10. The topological polar surface area (TPSA) is 75.9 Å². The number of rotatable bonds is 5. The highest BCUT2D eigenvalue weighted by atomic mass is 32.2. The Kier molecular flexibility index (Phi) is 4.64. The zero-order chi connectivity index (χ0) is 19.3. The fourth-order valence-corrected chi connectivity index (χ4v) is 5.87. The van der Waals surface area contributed by atoms with Crippen molar-refractivity contribution in [2.75, 3.05) is 44.2 Å². The van der Waals surface area contributed by atoms with Gasteiger partial charge in [0.05, 0.1) is 17.3 Å². The van der Waals surface area contributed by atoms with Crippen molar-refractivity contribution < 1.29 is 13.2 Å². The van der Waals surface area contributed by atoms with Crippen LogP contribution in [0.25, 0.3) is 0 Å². The molecule has 0 aromatic heterocycles. The molecule has 0 unspecified atom stereocenters. The van der Waals surface area contributed by atoms with Crippen LogP contribution in [0.3, 0.4) is 0 Å². The van der Waals surface area contributed by atoms with E-state index in [-0.39, 0.29) is 4.90 Å². The van der Waals surface area contributed by atoms with E-state index in [0.717, 1.165) is 69.2 Å². The van der Waals surface area contributed by atoms with Crippen LogP contribution in [0, 0.1) is 17.8 Å². The lowest BCUT2D eigenvalue weighted by Crippen LogP contribution is -2.46. The SMILES string of the molecule is NS(=O)(=O)c1ccc(N2CCN(CCC3=C4[C@@H](CCO3)C[C@@H]3C[C@H]43)CC2)cc1. The van der Waals surface area contributed by atoms with Gasteiger partial charge in [-0.2, -0.15) is 0 Å². The standard InChI is InChI=1S/C21H29N3O3S/c22-28(25,26)18-3-1-17(2-4-18)24-10-8-23(9-11-24)7-5-20-21-15(6-12-27-20)13-16-14-19(16)21/h1-4,15-16,19H,5-14H2,(H2,22,25,26)/t15-,16+,19-/m0/s1. The molecule has 152 valence electrons. The van der Waals surface area contributed by atoms with Crippen molar-refractivity contribution in [1.82, 2.24) is 4.90 Å². The van der Waals surface area contributed by atoms with Crippen molar-refractivity contribution in [2.24, 2.45) is 22.9 Å². The fraction of sp³-hybridized carbons (Fsp3) is 0.619. The number of nitrogens with two attached hydrogens (primary N) is 1. The molecule has 2 heterocycles. The average Bonchev–Trinajstić information content (AvgIpc) is 3.36. The summed E-state index contributed by atoms with van der Waals surface area (Å²) in [6, 6.07) is 6.89. The predicted molar refractivity (Wildman–Crippen MR) is 108 cm³/mol. The Morgan fingerprint density at radius 2 is 1.82 bits per heavy atom. The molecule has 2 N–H and O–H groups in total. The molecule has 0 radical (unpaired) electrons. The summed E-state index contributed by atoms with van der Waals surface area (Å²) in [5.74, 6) is 3.98. The van der Waals surface area contributed by atoms with Crippen LogP contribution < -0.4 is 10.0 Å². The maximum Gasteiger partial charge on any atom is 0.238 e. The van der Waals surface area contributed by atoms with E-state index in [9.17, 15) is 8.42 Å². The van der Waals surface area contributed by atoms with Crippen LogP contribution in [0.1, 0.15) is 25.7 Å². The van der Waals surface area contributed by atoms with Gasteiger partial charge in [0.1, 0.15) is 0 Å². The average molecular weight is 404 g/mol. The van der Waals surface area contributed by atoms with Crippen molar-refractivity contribution in [3.05, 3.63) is 35.6 Å². The molecule has 4 aliphatic rings. The Morgan fingerprint density at radius 3 is 2.54 bits per heavy atom. The highest BCUT2D eigenvalue weighted by Gasteiger charge is 2.52. The largest absolute Gasteiger partial charge is 0.498 e. The van der Waals surface area contributed by atoms with Gasteiger partial charge in [-0.15, -0.1) is 0 Å². The second kappa shape index (κ2) is 7.04. The van der Waals surface area contributed by atoms with Crippen LogP contribution in [0.4, 0.5) is 5.69 Å². The summed E-state index contributed by atoms with van der Waals surface area (Å²) in [6.45, 7) is 5.93. The summed E-state index contributed by atoms with van der Waals surface area (Å²) < 4.78 is 28.9. The van der Waals surface area contributed by atoms with Crippen molar-refractivity contribution >= 4 is 15.7 Å². The lowest BCUT2D eigenvalue weighted by atomic mass is 9.91. The van der Waals surface area contributed by atoms with Crippen LogP contribution in [0.5, 0.6) is 0 Å². The first-order valence-corrected chi connectivity index (χ1v) is 12.0. The van der Waals surface area contributed by atoms with Crippen LogP contribution in [0.2, 0.25) is 0 Å². The smallest absolute Gasteiger partial charge is 0.238 e. The normalized spacial score (nSPS) is 30.0. The number of ether oxygens (including phenoxy) is 1. The third-order valence-corrected chi connectivity index (χ3v) is 7.90. The number of hydrogen-bond donors (Lipinski definition) is 1. The maximum absolute atomic E-state index is 11.4. The van der Waals surface area contributed by atoms with Crippen molar-refractivity contribution in [3.8, 4) is 0 Å². The van der Waals surface area contributed by atoms with E-state index in [4.69, 9.17) is 9.88 Å². The molecule has 0 bridgehead atoms. The van der Waals surface area contributed by atoms with E-state index in [0.29, 0.717) is 0 Å². The maximum atomic E-state index is 11.4. The van der Waals surface area contributed by atoms with Gasteiger partial charge >= 0.3 is 0 Å². The molecule has 0 spiro atoms. The molecule has 5 rings (SSSR count). The van der Waals surface area contributed by atoms with Gasteiger partial charge in [0, 0.05) is 44.8 Å². The third kappa shape index (κ3) is 3.55. The fourth-order valence-electron chi connectivity index (χ4n) is 5.35. The van der Waals surface area contributed by atoms with E-state index >= 15 is 0 Å². The van der Waals surface area contributed by atoms with Gasteiger partial charge in [-0.25, -0.2) is 13.6 Å². The van der Waals surface area contributed by atoms with Gasteiger partial charge in [0.25, 0.3) is 0 Å². The van der Waals surface area contributed by atoms with Crippen LogP contribution in [-0.2, 0) is 14.8 Å². The van der Waals surface area contributed by atoms with Crippen LogP contribution >= 0.6 is 0 Å². The predicted octanol–water partition coefficient (Wildman–Crippen LogP) is 2.18. The summed E-state index contributed by atoms with van der Waals surface area (Å²) in [4.78, 5) is 5.00. The Hall–Kier alpha value is -1.57. The molecule has 7 heteroatoms. The zero-order valence-electron chi connectivity index (χ0n) is 16.2. The van der Waals surface area contributed by atoms with Gasteiger partial charge in [0.2, 0.25) is 10.0 Å². The number of allylic oxidation sites excluding steroid dienone is 1. The third-order valence-electron chi connectivity index (χ3n) is 6.97.